The molecule has 1 atom stereocenters. The number of anilines is 1. The second-order valence-corrected chi connectivity index (χ2v) is 6.57. The summed E-state index contributed by atoms with van der Waals surface area (Å²) >= 11 is 0. The van der Waals surface area contributed by atoms with Crippen LogP contribution in [0.5, 0.6) is 0 Å². The molecular formula is C20H19N5O2. The summed E-state index contributed by atoms with van der Waals surface area (Å²) in [6, 6.07) is 7.40. The van der Waals surface area contributed by atoms with Gasteiger partial charge in [-0.25, -0.2) is 0 Å². The van der Waals surface area contributed by atoms with E-state index in [0.717, 1.165) is 27.8 Å². The molecule has 0 fully saturated rings. The Labute approximate surface area is 156 Å². The fourth-order valence-corrected chi connectivity index (χ4v) is 3.17. The van der Waals surface area contributed by atoms with Crippen molar-refractivity contribution in [3.63, 3.8) is 0 Å². The first kappa shape index (κ1) is 17.1. The fourth-order valence-electron chi connectivity index (χ4n) is 3.17. The number of carbonyl (C=O) groups excluding carboxylic acids is 1. The number of hydrogen-bond donors (Lipinski definition) is 4. The number of nitrogens with one attached hydrogen (secondary N) is 3. The van der Waals surface area contributed by atoms with Gasteiger partial charge < -0.3 is 10.4 Å². The van der Waals surface area contributed by atoms with Crippen molar-refractivity contribution in [2.45, 2.75) is 19.2 Å². The van der Waals surface area contributed by atoms with E-state index in [9.17, 15) is 9.90 Å². The smallest absolute Gasteiger partial charge is 0.248 e. The van der Waals surface area contributed by atoms with Crippen LogP contribution in [0.25, 0.3) is 17.2 Å². The molecule has 3 aromatic rings. The van der Waals surface area contributed by atoms with Gasteiger partial charge in [-0.2, -0.15) is 5.10 Å². The van der Waals surface area contributed by atoms with E-state index in [1.807, 2.05) is 18.2 Å². The number of amides is 1. The molecule has 0 saturated carbocycles. The summed E-state index contributed by atoms with van der Waals surface area (Å²) in [5, 5.41) is 22.9. The van der Waals surface area contributed by atoms with Gasteiger partial charge in [-0.3, -0.25) is 20.2 Å². The van der Waals surface area contributed by atoms with E-state index in [-0.39, 0.29) is 5.91 Å². The second kappa shape index (κ2) is 6.79. The minimum absolute atomic E-state index is 0.262. The molecule has 27 heavy (non-hydrogen) atoms. The molecule has 4 rings (SSSR count). The zero-order valence-electron chi connectivity index (χ0n) is 14.7. The zero-order chi connectivity index (χ0) is 18.9. The Morgan fingerprint density at radius 3 is 3.04 bits per heavy atom. The van der Waals surface area contributed by atoms with Crippen LogP contribution in [-0.2, 0) is 17.1 Å². The van der Waals surface area contributed by atoms with Crippen LogP contribution in [0.2, 0.25) is 0 Å². The first-order valence-electron chi connectivity index (χ1n) is 8.56. The van der Waals surface area contributed by atoms with Crippen molar-refractivity contribution in [1.82, 2.24) is 20.5 Å². The first-order valence-corrected chi connectivity index (χ1v) is 8.56. The highest BCUT2D eigenvalue weighted by atomic mass is 16.3. The molecule has 0 radical (unpaired) electrons. The predicted octanol–water partition coefficient (Wildman–Crippen LogP) is 2.39. The van der Waals surface area contributed by atoms with Gasteiger partial charge in [-0.05, 0) is 42.3 Å². The van der Waals surface area contributed by atoms with Crippen LogP contribution >= 0.6 is 0 Å². The molecule has 1 amide bonds. The summed E-state index contributed by atoms with van der Waals surface area (Å²) in [7, 11) is 0. The van der Waals surface area contributed by atoms with Crippen molar-refractivity contribution in [2.75, 3.05) is 5.32 Å². The minimum Gasteiger partial charge on any atom is -0.372 e. The van der Waals surface area contributed by atoms with Crippen LogP contribution < -0.4 is 10.6 Å². The number of H-pyrrole nitrogens is 1. The van der Waals surface area contributed by atoms with Gasteiger partial charge in [0.1, 0.15) is 5.72 Å². The van der Waals surface area contributed by atoms with Gasteiger partial charge in [0, 0.05) is 53.6 Å². The third-order valence-corrected chi connectivity index (χ3v) is 4.60. The molecule has 0 aliphatic carbocycles. The largest absolute Gasteiger partial charge is 0.372 e. The van der Waals surface area contributed by atoms with Crippen molar-refractivity contribution in [3.05, 3.63) is 71.8 Å². The Bertz CT molecular complexity index is 1010. The van der Waals surface area contributed by atoms with Crippen molar-refractivity contribution in [3.8, 4) is 11.1 Å². The van der Waals surface area contributed by atoms with E-state index in [4.69, 9.17) is 0 Å². The number of carbonyl (C=O) groups is 1. The molecule has 1 aromatic carbocycles. The van der Waals surface area contributed by atoms with Crippen LogP contribution in [-0.4, -0.2) is 26.2 Å². The number of nitrogens with zero attached hydrogens (tertiary/aromatic N) is 2. The normalized spacial score (nSPS) is 18.6. The van der Waals surface area contributed by atoms with Crippen molar-refractivity contribution >= 4 is 17.7 Å². The summed E-state index contributed by atoms with van der Waals surface area (Å²) in [5.41, 5.74) is 4.02. The summed E-state index contributed by atoms with van der Waals surface area (Å²) < 4.78 is 0. The lowest BCUT2D eigenvalue weighted by atomic mass is 10.0. The molecule has 2 aromatic heterocycles. The predicted molar refractivity (Wildman–Crippen MR) is 102 cm³/mol. The maximum Gasteiger partial charge on any atom is 0.248 e. The van der Waals surface area contributed by atoms with Crippen molar-refractivity contribution < 1.29 is 9.90 Å². The third-order valence-electron chi connectivity index (χ3n) is 4.60. The number of hydrogen-bond acceptors (Lipinski definition) is 5. The monoisotopic (exact) mass is 361 g/mol. The quantitative estimate of drug-likeness (QED) is 0.534. The van der Waals surface area contributed by atoms with E-state index in [1.54, 1.807) is 43.9 Å². The van der Waals surface area contributed by atoms with Crippen LogP contribution in [0.4, 0.5) is 5.69 Å². The summed E-state index contributed by atoms with van der Waals surface area (Å²) in [5.74, 6) is -0.262. The Morgan fingerprint density at radius 1 is 1.33 bits per heavy atom. The molecular weight excluding hydrogens is 342 g/mol. The SMILES string of the molecule is CC1(O)NCc2ccc(NC(=O)/C=C/c3cnccc3-c3cn[nH]c3)cc21. The molecule has 3 heterocycles. The second-order valence-electron chi connectivity index (χ2n) is 6.57. The van der Waals surface area contributed by atoms with Crippen LogP contribution in [0.3, 0.4) is 0 Å². The summed E-state index contributed by atoms with van der Waals surface area (Å²) in [6.45, 7) is 2.30. The molecule has 0 bridgehead atoms. The highest BCUT2D eigenvalue weighted by Crippen LogP contribution is 2.30. The maximum absolute atomic E-state index is 12.3. The number of rotatable bonds is 4. The Hall–Kier alpha value is -3.29. The van der Waals surface area contributed by atoms with Gasteiger partial charge in [0.2, 0.25) is 5.91 Å². The van der Waals surface area contributed by atoms with Crippen LogP contribution in [0.15, 0.2) is 55.1 Å². The number of aromatic amines is 1. The van der Waals surface area contributed by atoms with Crippen LogP contribution in [0, 0.1) is 0 Å². The van der Waals surface area contributed by atoms with Crippen molar-refractivity contribution in [1.29, 1.82) is 0 Å². The van der Waals surface area contributed by atoms with E-state index in [0.29, 0.717) is 12.2 Å². The first-order chi connectivity index (χ1) is 13.0. The lowest BCUT2D eigenvalue weighted by molar-refractivity contribution is -0.111. The van der Waals surface area contributed by atoms with Gasteiger partial charge in [0.15, 0.2) is 0 Å². The molecule has 1 unspecified atom stereocenters. The minimum atomic E-state index is -1.08. The molecule has 1 aliphatic heterocycles. The zero-order valence-corrected chi connectivity index (χ0v) is 14.7. The number of pyridine rings is 1. The highest BCUT2D eigenvalue weighted by molar-refractivity contribution is 6.02. The molecule has 1 aliphatic rings. The Kier molecular flexibility index (Phi) is 4.31. The van der Waals surface area contributed by atoms with E-state index >= 15 is 0 Å². The third kappa shape index (κ3) is 3.51. The molecule has 7 heteroatoms. The maximum atomic E-state index is 12.3. The van der Waals surface area contributed by atoms with Gasteiger partial charge in [-0.1, -0.05) is 6.07 Å². The number of benzene rings is 1. The van der Waals surface area contributed by atoms with Gasteiger partial charge >= 0.3 is 0 Å². The van der Waals surface area contributed by atoms with Gasteiger partial charge in [0.05, 0.1) is 6.20 Å². The topological polar surface area (TPSA) is 103 Å². The number of aliphatic hydroxyl groups is 1. The standard InChI is InChI=1S/C20H19N5O2/c1-20(27)18-8-16(4-2-14(18)10-22-20)25-19(26)5-3-13-9-21-7-6-17(13)15-11-23-24-12-15/h2-9,11-12,22,27H,10H2,1H3,(H,23,24)(H,25,26)/b5-3+. The van der Waals surface area contributed by atoms with Gasteiger partial charge in [0.25, 0.3) is 0 Å². The molecule has 0 spiro atoms. The van der Waals surface area contributed by atoms with E-state index in [1.165, 1.54) is 6.08 Å². The molecule has 136 valence electrons. The lowest BCUT2D eigenvalue weighted by Crippen LogP contribution is -2.32. The average molecular weight is 361 g/mol. The Balaban J connectivity index is 1.51. The molecule has 4 N–H and O–H groups in total. The van der Waals surface area contributed by atoms with E-state index in [2.05, 4.69) is 25.8 Å². The highest BCUT2D eigenvalue weighted by Gasteiger charge is 2.31. The number of aromatic nitrogens is 3. The molecule has 7 nitrogen and oxygen atoms in total. The summed E-state index contributed by atoms with van der Waals surface area (Å²) in [4.78, 5) is 16.5. The number of fused-ring (bicyclic) bond motifs is 1. The van der Waals surface area contributed by atoms with E-state index < -0.39 is 5.72 Å². The fraction of sp³-hybridized carbons (Fsp3) is 0.150. The van der Waals surface area contributed by atoms with Crippen LogP contribution in [0.1, 0.15) is 23.6 Å². The Morgan fingerprint density at radius 2 is 2.22 bits per heavy atom. The van der Waals surface area contributed by atoms with Crippen molar-refractivity contribution in [2.24, 2.45) is 0 Å². The molecule has 0 saturated heterocycles. The lowest BCUT2D eigenvalue weighted by Gasteiger charge is -2.18. The van der Waals surface area contributed by atoms with Gasteiger partial charge in [-0.15, -0.1) is 0 Å². The summed E-state index contributed by atoms with van der Waals surface area (Å²) in [6.07, 6.45) is 10.1. The average Bonchev–Trinajstić information content (AvgIpc) is 3.29.